The Morgan fingerprint density at radius 2 is 1.88 bits per heavy atom. The summed E-state index contributed by atoms with van der Waals surface area (Å²) in [5.74, 6) is -1.58. The van der Waals surface area contributed by atoms with Gasteiger partial charge in [0.15, 0.2) is 0 Å². The fraction of sp³-hybridized carbons (Fsp3) is 0.900. The molecule has 0 spiro atoms. The number of carboxylic acid groups (broad SMARTS) is 1. The molecule has 0 aromatic heterocycles. The minimum Gasteiger partial charge on any atom is -0.481 e. The van der Waals surface area contributed by atoms with Crippen LogP contribution in [0.15, 0.2) is 0 Å². The highest BCUT2D eigenvalue weighted by atomic mass is 32.2. The average molecular weight is 265 g/mol. The second-order valence-electron chi connectivity index (χ2n) is 4.39. The first kappa shape index (κ1) is 14.4. The molecule has 6 nitrogen and oxygen atoms in total. The highest BCUT2D eigenvalue weighted by molar-refractivity contribution is 7.89. The van der Waals surface area contributed by atoms with Crippen LogP contribution in [0.3, 0.4) is 0 Å². The lowest BCUT2D eigenvalue weighted by Gasteiger charge is -2.21. The normalized spacial score (nSPS) is 26.4. The van der Waals surface area contributed by atoms with Gasteiger partial charge in [-0.3, -0.25) is 4.79 Å². The molecule has 1 fully saturated rings. The highest BCUT2D eigenvalue weighted by Crippen LogP contribution is 2.18. The number of carboxylic acids is 1. The first-order chi connectivity index (χ1) is 7.91. The average Bonchev–Trinajstić information content (AvgIpc) is 2.42. The third-order valence-corrected chi connectivity index (χ3v) is 4.30. The van der Waals surface area contributed by atoms with Crippen molar-refractivity contribution in [1.29, 1.82) is 0 Å². The number of hydrogen-bond donors (Lipinski definition) is 3. The van der Waals surface area contributed by atoms with Crippen LogP contribution in [-0.4, -0.2) is 42.5 Å². The van der Waals surface area contributed by atoms with Gasteiger partial charge in [0.25, 0.3) is 0 Å². The van der Waals surface area contributed by atoms with Gasteiger partial charge in [-0.1, -0.05) is 19.3 Å². The van der Waals surface area contributed by atoms with Crippen molar-refractivity contribution in [2.24, 2.45) is 0 Å². The monoisotopic (exact) mass is 265 g/mol. The van der Waals surface area contributed by atoms with E-state index in [1.54, 1.807) is 0 Å². The molecule has 17 heavy (non-hydrogen) atoms. The Bertz CT molecular complexity index is 354. The maximum Gasteiger partial charge on any atom is 0.304 e. The standard InChI is InChI=1S/C10H19NO5S/c12-9-5-3-1-2-4-8(9)11-17(15,16)7-6-10(13)14/h8-9,11-12H,1-7H2,(H,13,14). The van der Waals surface area contributed by atoms with Crippen LogP contribution >= 0.6 is 0 Å². The molecule has 1 rings (SSSR count). The first-order valence-corrected chi connectivity index (χ1v) is 7.46. The van der Waals surface area contributed by atoms with Crippen LogP contribution in [0.5, 0.6) is 0 Å². The van der Waals surface area contributed by atoms with Gasteiger partial charge in [0.05, 0.1) is 18.3 Å². The van der Waals surface area contributed by atoms with Gasteiger partial charge in [0, 0.05) is 6.04 Å². The van der Waals surface area contributed by atoms with E-state index in [0.29, 0.717) is 12.8 Å². The van der Waals surface area contributed by atoms with Gasteiger partial charge in [0.1, 0.15) is 0 Å². The molecule has 1 aliphatic carbocycles. The van der Waals surface area contributed by atoms with Crippen molar-refractivity contribution < 1.29 is 23.4 Å². The minimum atomic E-state index is -3.62. The van der Waals surface area contributed by atoms with Gasteiger partial charge in [0.2, 0.25) is 10.0 Å². The van der Waals surface area contributed by atoms with E-state index in [2.05, 4.69) is 4.72 Å². The smallest absolute Gasteiger partial charge is 0.304 e. The SMILES string of the molecule is O=C(O)CCS(=O)(=O)NC1CCCCCC1O. The molecule has 100 valence electrons. The number of aliphatic carboxylic acids is 1. The number of nitrogens with one attached hydrogen (secondary N) is 1. The third kappa shape index (κ3) is 5.47. The summed E-state index contributed by atoms with van der Waals surface area (Å²) in [6.45, 7) is 0. The quantitative estimate of drug-likeness (QED) is 0.610. The highest BCUT2D eigenvalue weighted by Gasteiger charge is 2.26. The molecule has 0 bridgehead atoms. The van der Waals surface area contributed by atoms with Gasteiger partial charge in [-0.15, -0.1) is 0 Å². The number of aliphatic hydroxyl groups is 1. The van der Waals surface area contributed by atoms with Gasteiger partial charge in [-0.05, 0) is 12.8 Å². The zero-order chi connectivity index (χ0) is 12.9. The van der Waals surface area contributed by atoms with Crippen LogP contribution in [0.25, 0.3) is 0 Å². The number of carbonyl (C=O) groups is 1. The van der Waals surface area contributed by atoms with Gasteiger partial charge in [-0.25, -0.2) is 13.1 Å². The summed E-state index contributed by atoms with van der Waals surface area (Å²) in [5.41, 5.74) is 0. The van der Waals surface area contributed by atoms with Crippen molar-refractivity contribution in [1.82, 2.24) is 4.72 Å². The van der Waals surface area contributed by atoms with Crippen LogP contribution in [0.2, 0.25) is 0 Å². The predicted octanol–water partition coefficient (Wildman–Crippen LogP) is 0.0741. The summed E-state index contributed by atoms with van der Waals surface area (Å²) in [6.07, 6.45) is 2.87. The van der Waals surface area contributed by atoms with E-state index in [9.17, 15) is 18.3 Å². The molecular formula is C10H19NO5S. The molecule has 1 saturated carbocycles. The number of sulfonamides is 1. The summed E-state index contributed by atoms with van der Waals surface area (Å²) in [7, 11) is -3.62. The first-order valence-electron chi connectivity index (χ1n) is 5.80. The largest absolute Gasteiger partial charge is 0.481 e. The minimum absolute atomic E-state index is 0.419. The Morgan fingerprint density at radius 1 is 1.24 bits per heavy atom. The fourth-order valence-electron chi connectivity index (χ4n) is 1.94. The van der Waals surface area contributed by atoms with Crippen molar-refractivity contribution in [2.75, 3.05) is 5.75 Å². The molecular weight excluding hydrogens is 246 g/mol. The summed E-state index contributed by atoms with van der Waals surface area (Å²) < 4.78 is 25.6. The molecule has 2 atom stereocenters. The molecule has 0 saturated heterocycles. The topological polar surface area (TPSA) is 104 Å². The molecule has 0 aromatic rings. The van der Waals surface area contributed by atoms with E-state index in [4.69, 9.17) is 5.11 Å². The summed E-state index contributed by atoms with van der Waals surface area (Å²) in [6, 6.07) is -0.476. The molecule has 0 aliphatic heterocycles. The second-order valence-corrected chi connectivity index (χ2v) is 6.27. The van der Waals surface area contributed by atoms with Gasteiger partial charge < -0.3 is 10.2 Å². The molecule has 7 heteroatoms. The van der Waals surface area contributed by atoms with Crippen LogP contribution in [0.1, 0.15) is 38.5 Å². The Morgan fingerprint density at radius 3 is 2.53 bits per heavy atom. The fourth-order valence-corrected chi connectivity index (χ4v) is 3.23. The lowest BCUT2D eigenvalue weighted by molar-refractivity contribution is -0.136. The zero-order valence-corrected chi connectivity index (χ0v) is 10.4. The van der Waals surface area contributed by atoms with Crippen molar-refractivity contribution in [3.8, 4) is 0 Å². The molecule has 0 amide bonds. The van der Waals surface area contributed by atoms with Crippen molar-refractivity contribution in [3.63, 3.8) is 0 Å². The molecule has 0 heterocycles. The predicted molar refractivity (Wildman–Crippen MR) is 62.1 cm³/mol. The van der Waals surface area contributed by atoms with E-state index < -0.39 is 40.3 Å². The van der Waals surface area contributed by atoms with E-state index >= 15 is 0 Å². The molecule has 1 aliphatic rings. The van der Waals surface area contributed by atoms with E-state index in [1.165, 1.54) is 0 Å². The van der Waals surface area contributed by atoms with Crippen LogP contribution in [-0.2, 0) is 14.8 Å². The Labute approximate surface area is 101 Å². The second kappa shape index (κ2) is 6.32. The number of aliphatic hydroxyl groups excluding tert-OH is 1. The third-order valence-electron chi connectivity index (χ3n) is 2.90. The number of rotatable bonds is 5. The summed E-state index contributed by atoms with van der Waals surface area (Å²) in [4.78, 5) is 10.3. The Kier molecular flexibility index (Phi) is 5.35. The molecule has 2 unspecified atom stereocenters. The Hall–Kier alpha value is -0.660. The van der Waals surface area contributed by atoms with Crippen molar-refractivity contribution in [2.45, 2.75) is 50.7 Å². The lowest BCUT2D eigenvalue weighted by atomic mass is 10.1. The van der Waals surface area contributed by atoms with Gasteiger partial charge in [-0.2, -0.15) is 0 Å². The van der Waals surface area contributed by atoms with Crippen LogP contribution < -0.4 is 4.72 Å². The maximum absolute atomic E-state index is 11.6. The molecule has 3 N–H and O–H groups in total. The Balaban J connectivity index is 2.52. The molecule has 0 radical (unpaired) electrons. The summed E-state index contributed by atoms with van der Waals surface area (Å²) >= 11 is 0. The van der Waals surface area contributed by atoms with Crippen molar-refractivity contribution in [3.05, 3.63) is 0 Å². The maximum atomic E-state index is 11.6. The molecule has 0 aromatic carbocycles. The van der Waals surface area contributed by atoms with Crippen molar-refractivity contribution >= 4 is 16.0 Å². The van der Waals surface area contributed by atoms with Crippen LogP contribution in [0.4, 0.5) is 0 Å². The van der Waals surface area contributed by atoms with Gasteiger partial charge >= 0.3 is 5.97 Å². The van der Waals surface area contributed by atoms with Crippen LogP contribution in [0, 0.1) is 0 Å². The zero-order valence-electron chi connectivity index (χ0n) is 9.63. The number of hydrogen-bond acceptors (Lipinski definition) is 4. The van der Waals surface area contributed by atoms with E-state index in [-0.39, 0.29) is 0 Å². The van der Waals surface area contributed by atoms with E-state index in [0.717, 1.165) is 19.3 Å². The lowest BCUT2D eigenvalue weighted by Crippen LogP contribution is -2.43. The van der Waals surface area contributed by atoms with E-state index in [1.807, 2.05) is 0 Å². The summed E-state index contributed by atoms with van der Waals surface area (Å²) in [5, 5.41) is 18.2.